The summed E-state index contributed by atoms with van der Waals surface area (Å²) in [6.45, 7) is 4.54. The molecule has 2 amide bonds. The highest BCUT2D eigenvalue weighted by atomic mass is 16.5. The predicted octanol–water partition coefficient (Wildman–Crippen LogP) is 3.72. The normalized spacial score (nSPS) is 11.8. The van der Waals surface area contributed by atoms with Gasteiger partial charge in [0.05, 0.1) is 13.0 Å². The SMILES string of the molecule is CC(C)C(NC(=O)Cc1ccccc1)C(=O)NCCOc1cccc2ccccc12. The first-order chi connectivity index (χ1) is 14.5. The van der Waals surface area contributed by atoms with E-state index in [1.165, 1.54) is 0 Å². The Morgan fingerprint density at radius 3 is 2.37 bits per heavy atom. The van der Waals surface area contributed by atoms with E-state index >= 15 is 0 Å². The number of hydrogen-bond acceptors (Lipinski definition) is 3. The number of carbonyl (C=O) groups is 2. The molecule has 0 spiro atoms. The van der Waals surface area contributed by atoms with Gasteiger partial charge in [0.15, 0.2) is 0 Å². The van der Waals surface area contributed by atoms with Crippen LogP contribution in [-0.2, 0) is 16.0 Å². The van der Waals surface area contributed by atoms with Crippen LogP contribution in [0.5, 0.6) is 5.75 Å². The Labute approximate surface area is 177 Å². The van der Waals surface area contributed by atoms with Crippen molar-refractivity contribution in [2.24, 2.45) is 5.92 Å². The first kappa shape index (κ1) is 21.4. The molecule has 0 aliphatic carbocycles. The van der Waals surface area contributed by atoms with Gasteiger partial charge in [-0.05, 0) is 22.9 Å². The summed E-state index contributed by atoms with van der Waals surface area (Å²) < 4.78 is 5.87. The van der Waals surface area contributed by atoms with Crippen molar-refractivity contribution in [3.8, 4) is 5.75 Å². The highest BCUT2D eigenvalue weighted by Crippen LogP contribution is 2.24. The molecule has 3 aromatic rings. The Morgan fingerprint density at radius 1 is 0.900 bits per heavy atom. The fraction of sp³-hybridized carbons (Fsp3) is 0.280. The van der Waals surface area contributed by atoms with Gasteiger partial charge < -0.3 is 15.4 Å². The monoisotopic (exact) mass is 404 g/mol. The molecule has 0 radical (unpaired) electrons. The van der Waals surface area contributed by atoms with Crippen molar-refractivity contribution < 1.29 is 14.3 Å². The Kier molecular flexibility index (Phi) is 7.44. The summed E-state index contributed by atoms with van der Waals surface area (Å²) in [5.74, 6) is 0.401. The van der Waals surface area contributed by atoms with Crippen LogP contribution in [0.1, 0.15) is 19.4 Å². The maximum atomic E-state index is 12.6. The fourth-order valence-corrected chi connectivity index (χ4v) is 3.31. The van der Waals surface area contributed by atoms with Crippen LogP contribution in [0.4, 0.5) is 0 Å². The van der Waals surface area contributed by atoms with Gasteiger partial charge in [-0.15, -0.1) is 0 Å². The lowest BCUT2D eigenvalue weighted by Gasteiger charge is -2.22. The lowest BCUT2D eigenvalue weighted by Crippen LogP contribution is -2.50. The van der Waals surface area contributed by atoms with Crippen LogP contribution in [-0.4, -0.2) is 31.0 Å². The number of benzene rings is 3. The number of ether oxygens (including phenoxy) is 1. The third kappa shape index (κ3) is 5.83. The maximum absolute atomic E-state index is 12.6. The first-order valence-electron chi connectivity index (χ1n) is 10.3. The van der Waals surface area contributed by atoms with Crippen molar-refractivity contribution in [1.29, 1.82) is 0 Å². The summed E-state index contributed by atoms with van der Waals surface area (Å²) in [4.78, 5) is 25.0. The zero-order chi connectivity index (χ0) is 21.3. The molecule has 0 bridgehead atoms. The lowest BCUT2D eigenvalue weighted by molar-refractivity contribution is -0.129. The zero-order valence-electron chi connectivity index (χ0n) is 17.4. The summed E-state index contributed by atoms with van der Waals surface area (Å²) in [7, 11) is 0. The van der Waals surface area contributed by atoms with Gasteiger partial charge in [-0.2, -0.15) is 0 Å². The van der Waals surface area contributed by atoms with E-state index in [2.05, 4.69) is 10.6 Å². The number of carbonyl (C=O) groups excluding carboxylic acids is 2. The minimum absolute atomic E-state index is 0.0243. The second-order valence-corrected chi connectivity index (χ2v) is 7.57. The smallest absolute Gasteiger partial charge is 0.242 e. The standard InChI is InChI=1S/C25H28N2O3/c1-18(2)24(27-23(28)17-19-9-4-3-5-10-19)25(29)26-15-16-30-22-14-8-12-20-11-6-7-13-21(20)22/h3-14,18,24H,15-17H2,1-2H3,(H,26,29)(H,27,28). The van der Waals surface area contributed by atoms with Crippen molar-refractivity contribution in [1.82, 2.24) is 10.6 Å². The van der Waals surface area contributed by atoms with Crippen LogP contribution >= 0.6 is 0 Å². The quantitative estimate of drug-likeness (QED) is 0.534. The molecular formula is C25H28N2O3. The molecule has 3 aromatic carbocycles. The Bertz CT molecular complexity index is 981. The first-order valence-corrected chi connectivity index (χ1v) is 10.3. The highest BCUT2D eigenvalue weighted by Gasteiger charge is 2.23. The highest BCUT2D eigenvalue weighted by molar-refractivity contribution is 5.89. The van der Waals surface area contributed by atoms with Crippen LogP contribution in [0.2, 0.25) is 0 Å². The van der Waals surface area contributed by atoms with Gasteiger partial charge in [-0.1, -0.05) is 80.6 Å². The van der Waals surface area contributed by atoms with Crippen molar-refractivity contribution in [2.45, 2.75) is 26.3 Å². The van der Waals surface area contributed by atoms with Crippen molar-refractivity contribution in [3.05, 3.63) is 78.4 Å². The van der Waals surface area contributed by atoms with Gasteiger partial charge in [0.1, 0.15) is 18.4 Å². The second-order valence-electron chi connectivity index (χ2n) is 7.57. The van der Waals surface area contributed by atoms with Gasteiger partial charge in [0, 0.05) is 5.39 Å². The summed E-state index contributed by atoms with van der Waals surface area (Å²) in [5, 5.41) is 7.88. The minimum atomic E-state index is -0.584. The van der Waals surface area contributed by atoms with Crippen molar-refractivity contribution in [2.75, 3.05) is 13.2 Å². The van der Waals surface area contributed by atoms with E-state index in [4.69, 9.17) is 4.74 Å². The molecule has 1 atom stereocenters. The molecule has 156 valence electrons. The van der Waals surface area contributed by atoms with Gasteiger partial charge in [0.2, 0.25) is 11.8 Å². The lowest BCUT2D eigenvalue weighted by atomic mass is 10.0. The molecule has 1 unspecified atom stereocenters. The largest absolute Gasteiger partial charge is 0.491 e. The Balaban J connectivity index is 1.49. The Morgan fingerprint density at radius 2 is 1.60 bits per heavy atom. The predicted molar refractivity (Wildman–Crippen MR) is 119 cm³/mol. The molecule has 0 aromatic heterocycles. The molecule has 5 heteroatoms. The molecule has 0 heterocycles. The third-order valence-electron chi connectivity index (χ3n) is 4.88. The van der Waals surface area contributed by atoms with Gasteiger partial charge in [0.25, 0.3) is 0 Å². The average Bonchev–Trinajstić information content (AvgIpc) is 2.75. The summed E-state index contributed by atoms with van der Waals surface area (Å²) in [5.41, 5.74) is 0.918. The van der Waals surface area contributed by atoms with Crippen LogP contribution in [0.25, 0.3) is 10.8 Å². The summed E-state index contributed by atoms with van der Waals surface area (Å²) >= 11 is 0. The molecular weight excluding hydrogens is 376 g/mol. The van der Waals surface area contributed by atoms with Crippen LogP contribution in [0.3, 0.4) is 0 Å². The number of hydrogen-bond donors (Lipinski definition) is 2. The number of amides is 2. The van der Waals surface area contributed by atoms with Gasteiger partial charge in [-0.25, -0.2) is 0 Å². The molecule has 5 nitrogen and oxygen atoms in total. The Hall–Kier alpha value is -3.34. The average molecular weight is 405 g/mol. The maximum Gasteiger partial charge on any atom is 0.242 e. The third-order valence-corrected chi connectivity index (χ3v) is 4.88. The molecule has 0 aliphatic heterocycles. The number of fused-ring (bicyclic) bond motifs is 1. The molecule has 3 rings (SSSR count). The minimum Gasteiger partial charge on any atom is -0.491 e. The van der Waals surface area contributed by atoms with Crippen LogP contribution < -0.4 is 15.4 Å². The van der Waals surface area contributed by atoms with E-state index < -0.39 is 6.04 Å². The van der Waals surface area contributed by atoms with E-state index in [1.807, 2.05) is 86.6 Å². The van der Waals surface area contributed by atoms with E-state index in [9.17, 15) is 9.59 Å². The fourth-order valence-electron chi connectivity index (χ4n) is 3.31. The van der Waals surface area contributed by atoms with Crippen molar-refractivity contribution in [3.63, 3.8) is 0 Å². The number of nitrogens with one attached hydrogen (secondary N) is 2. The zero-order valence-corrected chi connectivity index (χ0v) is 17.4. The topological polar surface area (TPSA) is 67.4 Å². The molecule has 2 N–H and O–H groups in total. The van der Waals surface area contributed by atoms with Gasteiger partial charge in [-0.3, -0.25) is 9.59 Å². The van der Waals surface area contributed by atoms with E-state index in [-0.39, 0.29) is 24.2 Å². The summed E-state index contributed by atoms with van der Waals surface area (Å²) in [6, 6.07) is 22.8. The van der Waals surface area contributed by atoms with Gasteiger partial charge >= 0.3 is 0 Å². The second kappa shape index (κ2) is 10.4. The molecule has 0 aliphatic rings. The molecule has 0 saturated heterocycles. The van der Waals surface area contributed by atoms with E-state index in [1.54, 1.807) is 0 Å². The van der Waals surface area contributed by atoms with E-state index in [0.717, 1.165) is 22.1 Å². The van der Waals surface area contributed by atoms with E-state index in [0.29, 0.717) is 13.2 Å². The van der Waals surface area contributed by atoms with Crippen molar-refractivity contribution >= 4 is 22.6 Å². The molecule has 30 heavy (non-hydrogen) atoms. The molecule has 0 fully saturated rings. The van der Waals surface area contributed by atoms with Crippen LogP contribution in [0, 0.1) is 5.92 Å². The number of rotatable bonds is 9. The summed E-state index contributed by atoms with van der Waals surface area (Å²) in [6.07, 6.45) is 0.252. The van der Waals surface area contributed by atoms with Crippen LogP contribution in [0.15, 0.2) is 72.8 Å². The molecule has 0 saturated carbocycles.